The Balaban J connectivity index is 0.000000921. The van der Waals surface area contributed by atoms with Crippen LogP contribution in [0.25, 0.3) is 0 Å². The van der Waals surface area contributed by atoms with Crippen molar-refractivity contribution in [2.24, 2.45) is 0 Å². The summed E-state index contributed by atoms with van der Waals surface area (Å²) in [4.78, 5) is 3.64. The van der Waals surface area contributed by atoms with Crippen LogP contribution in [0.5, 0.6) is 5.88 Å². The second-order valence-corrected chi connectivity index (χ2v) is 2.65. The van der Waals surface area contributed by atoms with Gasteiger partial charge < -0.3 is 10.5 Å². The first kappa shape index (κ1) is 13.9. The number of nitrogen functional groups attached to an aromatic ring is 1. The molecule has 1 rings (SSSR count). The van der Waals surface area contributed by atoms with Crippen LogP contribution in [0.1, 0.15) is 13.8 Å². The average Bonchev–Trinajstić information content (AvgIpc) is 2.16. The maximum absolute atomic E-state index is 11.7. The molecule has 0 aliphatic heterocycles. The Morgan fingerprint density at radius 3 is 2.53 bits per heavy atom. The summed E-state index contributed by atoms with van der Waals surface area (Å²) in [5.74, 6) is 0.00491. The fourth-order valence-corrected chi connectivity index (χ4v) is 0.923. The molecule has 86 valence electrons. The molecular formula is C9H13ClF2N2O. The van der Waals surface area contributed by atoms with Gasteiger partial charge in [0.2, 0.25) is 5.88 Å². The van der Waals surface area contributed by atoms with Gasteiger partial charge in [-0.25, -0.2) is 13.8 Å². The Morgan fingerprint density at radius 1 is 1.47 bits per heavy atom. The molecule has 0 fully saturated rings. The Hall–Kier alpha value is -1.10. The number of hydrogen-bond donors (Lipinski definition) is 1. The quantitative estimate of drug-likeness (QED) is 0.824. The van der Waals surface area contributed by atoms with Gasteiger partial charge in [0.05, 0.1) is 0 Å². The lowest BCUT2D eigenvalue weighted by atomic mass is 10.4. The predicted octanol–water partition coefficient (Wildman–Crippen LogP) is 2.99. The number of alkyl halides is 2. The standard InChI is InChI=1S/C7H7ClF2N2O.C2H6/c8-5-1-4(11)2-7(12-5)13-3-6(9)10;1-2/h1-2,6H,3H2,(H2,11,12);1-2H3. The first-order chi connectivity index (χ1) is 7.08. The first-order valence-corrected chi connectivity index (χ1v) is 4.80. The van der Waals surface area contributed by atoms with Gasteiger partial charge >= 0.3 is 0 Å². The van der Waals surface area contributed by atoms with Gasteiger partial charge in [0.1, 0.15) is 5.15 Å². The SMILES string of the molecule is CC.Nc1cc(Cl)nc(OCC(F)F)c1. The Bertz CT molecular complexity index is 277. The zero-order valence-electron chi connectivity index (χ0n) is 8.51. The van der Waals surface area contributed by atoms with Gasteiger partial charge in [-0.1, -0.05) is 25.4 Å². The average molecular weight is 239 g/mol. The maximum Gasteiger partial charge on any atom is 0.272 e. The van der Waals surface area contributed by atoms with Crippen molar-refractivity contribution in [3.63, 3.8) is 0 Å². The minimum absolute atomic E-state index is 0.00491. The summed E-state index contributed by atoms with van der Waals surface area (Å²) in [6, 6.07) is 2.73. The first-order valence-electron chi connectivity index (χ1n) is 4.42. The molecule has 0 aliphatic carbocycles. The third kappa shape index (κ3) is 6.06. The van der Waals surface area contributed by atoms with E-state index in [0.29, 0.717) is 5.69 Å². The summed E-state index contributed by atoms with van der Waals surface area (Å²) in [6.07, 6.45) is -2.54. The van der Waals surface area contributed by atoms with E-state index < -0.39 is 13.0 Å². The van der Waals surface area contributed by atoms with Gasteiger partial charge in [-0.05, 0) is 6.07 Å². The maximum atomic E-state index is 11.7. The zero-order valence-corrected chi connectivity index (χ0v) is 9.26. The Kier molecular flexibility index (Phi) is 6.70. The highest BCUT2D eigenvalue weighted by Crippen LogP contribution is 2.17. The Labute approximate surface area is 92.2 Å². The van der Waals surface area contributed by atoms with Crippen LogP contribution in [0.2, 0.25) is 5.15 Å². The minimum Gasteiger partial charge on any atom is -0.471 e. The number of anilines is 1. The van der Waals surface area contributed by atoms with Crippen LogP contribution in [0.15, 0.2) is 12.1 Å². The van der Waals surface area contributed by atoms with Crippen LogP contribution in [-0.4, -0.2) is 18.0 Å². The summed E-state index contributed by atoms with van der Waals surface area (Å²) in [5.41, 5.74) is 5.70. The number of aromatic nitrogens is 1. The fourth-order valence-electron chi connectivity index (χ4n) is 0.714. The van der Waals surface area contributed by atoms with Gasteiger partial charge in [-0.2, -0.15) is 0 Å². The monoisotopic (exact) mass is 238 g/mol. The van der Waals surface area contributed by atoms with E-state index in [1.807, 2.05) is 13.8 Å². The van der Waals surface area contributed by atoms with Gasteiger partial charge in [-0.15, -0.1) is 0 Å². The van der Waals surface area contributed by atoms with Crippen molar-refractivity contribution < 1.29 is 13.5 Å². The number of hydrogen-bond acceptors (Lipinski definition) is 3. The van der Waals surface area contributed by atoms with Crippen molar-refractivity contribution in [3.05, 3.63) is 17.3 Å². The zero-order chi connectivity index (χ0) is 11.8. The largest absolute Gasteiger partial charge is 0.471 e. The minimum atomic E-state index is -2.54. The van der Waals surface area contributed by atoms with Crippen molar-refractivity contribution in [1.82, 2.24) is 4.98 Å². The van der Waals surface area contributed by atoms with E-state index >= 15 is 0 Å². The third-order valence-electron chi connectivity index (χ3n) is 1.15. The van der Waals surface area contributed by atoms with Crippen LogP contribution >= 0.6 is 11.6 Å². The van der Waals surface area contributed by atoms with Gasteiger partial charge in [0.15, 0.2) is 6.61 Å². The smallest absolute Gasteiger partial charge is 0.272 e. The molecule has 2 N–H and O–H groups in total. The molecule has 1 heterocycles. The van der Waals surface area contributed by atoms with Gasteiger partial charge in [-0.3, -0.25) is 0 Å². The summed E-state index contributed by atoms with van der Waals surface area (Å²) in [7, 11) is 0. The molecule has 0 spiro atoms. The summed E-state index contributed by atoms with van der Waals surface area (Å²) in [6.45, 7) is 3.28. The van der Waals surface area contributed by atoms with Crippen LogP contribution < -0.4 is 10.5 Å². The summed E-state index contributed by atoms with van der Waals surface area (Å²) in [5, 5.41) is 0.115. The number of nitrogens with zero attached hydrogens (tertiary/aromatic N) is 1. The molecule has 3 nitrogen and oxygen atoms in total. The highest BCUT2D eigenvalue weighted by atomic mass is 35.5. The van der Waals surface area contributed by atoms with Crippen LogP contribution in [-0.2, 0) is 0 Å². The summed E-state index contributed by atoms with van der Waals surface area (Å²) >= 11 is 5.51. The molecule has 15 heavy (non-hydrogen) atoms. The van der Waals surface area contributed by atoms with Gasteiger partial charge in [0.25, 0.3) is 6.43 Å². The molecular weight excluding hydrogens is 226 g/mol. The number of pyridine rings is 1. The van der Waals surface area contributed by atoms with E-state index in [2.05, 4.69) is 9.72 Å². The van der Waals surface area contributed by atoms with E-state index in [-0.39, 0.29) is 11.0 Å². The van der Waals surface area contributed by atoms with Crippen LogP contribution in [0.4, 0.5) is 14.5 Å². The number of nitrogens with two attached hydrogens (primary N) is 1. The lowest BCUT2D eigenvalue weighted by molar-refractivity contribution is 0.0796. The lowest BCUT2D eigenvalue weighted by Crippen LogP contribution is -2.08. The van der Waals surface area contributed by atoms with Crippen molar-refractivity contribution >= 4 is 17.3 Å². The number of ether oxygens (including phenoxy) is 1. The normalized spacial score (nSPS) is 9.47. The second-order valence-electron chi connectivity index (χ2n) is 2.26. The van der Waals surface area contributed by atoms with E-state index in [9.17, 15) is 8.78 Å². The molecule has 1 aromatic rings. The molecule has 0 unspecified atom stereocenters. The van der Waals surface area contributed by atoms with Crippen molar-refractivity contribution in [3.8, 4) is 5.88 Å². The molecule has 0 aromatic carbocycles. The van der Waals surface area contributed by atoms with Crippen LogP contribution in [0, 0.1) is 0 Å². The van der Waals surface area contributed by atoms with Gasteiger partial charge in [0, 0.05) is 11.8 Å². The molecule has 0 saturated carbocycles. The van der Waals surface area contributed by atoms with Crippen molar-refractivity contribution in [2.45, 2.75) is 20.3 Å². The van der Waals surface area contributed by atoms with E-state index in [0.717, 1.165) is 0 Å². The summed E-state index contributed by atoms with van der Waals surface area (Å²) < 4.78 is 28.0. The number of rotatable bonds is 3. The van der Waals surface area contributed by atoms with E-state index in [1.54, 1.807) is 0 Å². The molecule has 0 aliphatic rings. The molecule has 0 saturated heterocycles. The molecule has 0 bridgehead atoms. The lowest BCUT2D eigenvalue weighted by Gasteiger charge is -2.04. The molecule has 0 amide bonds. The van der Waals surface area contributed by atoms with E-state index in [1.165, 1.54) is 12.1 Å². The number of halogens is 3. The van der Waals surface area contributed by atoms with Crippen molar-refractivity contribution in [2.75, 3.05) is 12.3 Å². The van der Waals surface area contributed by atoms with Crippen LogP contribution in [0.3, 0.4) is 0 Å². The van der Waals surface area contributed by atoms with Crippen molar-refractivity contribution in [1.29, 1.82) is 0 Å². The van der Waals surface area contributed by atoms with E-state index in [4.69, 9.17) is 17.3 Å². The molecule has 1 aromatic heterocycles. The third-order valence-corrected chi connectivity index (χ3v) is 1.34. The molecule has 0 radical (unpaired) electrons. The highest BCUT2D eigenvalue weighted by Gasteiger charge is 2.05. The molecule has 0 atom stereocenters. The predicted molar refractivity (Wildman–Crippen MR) is 56.5 cm³/mol. The molecule has 6 heteroatoms. The second kappa shape index (κ2) is 7.23. The fraction of sp³-hybridized carbons (Fsp3) is 0.444. The topological polar surface area (TPSA) is 48.1 Å². The Morgan fingerprint density at radius 2 is 2.07 bits per heavy atom. The highest BCUT2D eigenvalue weighted by molar-refractivity contribution is 6.29.